The maximum Gasteiger partial charge on any atom is 0.229 e. The van der Waals surface area contributed by atoms with Gasteiger partial charge in [0.1, 0.15) is 5.82 Å². The van der Waals surface area contributed by atoms with Gasteiger partial charge in [-0.15, -0.1) is 0 Å². The van der Waals surface area contributed by atoms with Gasteiger partial charge in [0.15, 0.2) is 0 Å². The number of amides is 1. The molecule has 1 N–H and O–H groups in total. The molecule has 1 amide bonds. The molecule has 5 rings (SSSR count). The van der Waals surface area contributed by atoms with E-state index < -0.39 is 0 Å². The maximum atomic E-state index is 13.7. The van der Waals surface area contributed by atoms with Gasteiger partial charge in [-0.3, -0.25) is 14.8 Å². The summed E-state index contributed by atoms with van der Waals surface area (Å²) in [6.45, 7) is 3.01. The molecule has 0 unspecified atom stereocenters. The fourth-order valence-electron chi connectivity index (χ4n) is 5.21. The van der Waals surface area contributed by atoms with E-state index in [0.29, 0.717) is 13.0 Å². The Labute approximate surface area is 200 Å². The molecule has 0 saturated carbocycles. The fourth-order valence-corrected chi connectivity index (χ4v) is 5.21. The van der Waals surface area contributed by atoms with Crippen molar-refractivity contribution in [2.24, 2.45) is 10.4 Å². The smallest absolute Gasteiger partial charge is 0.229 e. The molecule has 7 heteroatoms. The minimum absolute atomic E-state index is 0.279. The van der Waals surface area contributed by atoms with Crippen molar-refractivity contribution < 1.29 is 4.79 Å². The van der Waals surface area contributed by atoms with E-state index in [-0.39, 0.29) is 11.3 Å². The molecule has 2 aliphatic rings. The number of para-hydroxylation sites is 3. The topological polar surface area (TPSA) is 85.5 Å². The fraction of sp³-hybridized carbons (Fsp3) is 0.370. The maximum absolute atomic E-state index is 13.7. The number of hydrogen-bond donors (Lipinski definition) is 1. The van der Waals surface area contributed by atoms with E-state index in [1.807, 2.05) is 59.6 Å². The van der Waals surface area contributed by atoms with Gasteiger partial charge in [0.05, 0.1) is 28.3 Å². The van der Waals surface area contributed by atoms with Crippen LogP contribution in [-0.4, -0.2) is 52.8 Å². The lowest BCUT2D eigenvalue weighted by atomic mass is 9.71. The quantitative estimate of drug-likeness (QED) is 0.543. The Morgan fingerprint density at radius 2 is 1.76 bits per heavy atom. The van der Waals surface area contributed by atoms with E-state index in [2.05, 4.69) is 14.9 Å². The Balaban J connectivity index is 1.28. The van der Waals surface area contributed by atoms with Crippen molar-refractivity contribution in [2.45, 2.75) is 38.6 Å². The third-order valence-electron chi connectivity index (χ3n) is 7.11. The van der Waals surface area contributed by atoms with Gasteiger partial charge in [-0.2, -0.15) is 0 Å². The molecular formula is C27H30N6O. The van der Waals surface area contributed by atoms with Gasteiger partial charge in [0.25, 0.3) is 0 Å². The zero-order valence-corrected chi connectivity index (χ0v) is 19.4. The van der Waals surface area contributed by atoms with E-state index in [9.17, 15) is 4.79 Å². The second-order valence-electron chi connectivity index (χ2n) is 9.19. The summed E-state index contributed by atoms with van der Waals surface area (Å²) in [5.41, 5.74) is 3.46. The largest absolute Gasteiger partial charge is 0.355 e. The summed E-state index contributed by atoms with van der Waals surface area (Å²) in [6, 6.07) is 15.9. The summed E-state index contributed by atoms with van der Waals surface area (Å²) in [5, 5.41) is 7.19. The zero-order chi connectivity index (χ0) is 23.4. The van der Waals surface area contributed by atoms with E-state index >= 15 is 0 Å². The highest BCUT2D eigenvalue weighted by Crippen LogP contribution is 2.42. The molecule has 2 saturated heterocycles. The van der Waals surface area contributed by atoms with Crippen LogP contribution < -0.4 is 4.90 Å². The lowest BCUT2D eigenvalue weighted by Gasteiger charge is -2.46. The molecule has 2 aliphatic heterocycles. The molecule has 0 radical (unpaired) electrons. The number of carbonyl (C=O) groups is 1. The molecule has 34 heavy (non-hydrogen) atoms. The molecule has 0 atom stereocenters. The summed E-state index contributed by atoms with van der Waals surface area (Å²) in [4.78, 5) is 31.9. The van der Waals surface area contributed by atoms with Gasteiger partial charge in [-0.1, -0.05) is 30.3 Å². The van der Waals surface area contributed by atoms with Crippen molar-refractivity contribution in [3.8, 4) is 0 Å². The van der Waals surface area contributed by atoms with Gasteiger partial charge >= 0.3 is 0 Å². The number of nitrogens with zero attached hydrogens (tertiary/aromatic N) is 5. The van der Waals surface area contributed by atoms with Crippen LogP contribution in [0.2, 0.25) is 0 Å². The minimum Gasteiger partial charge on any atom is -0.355 e. The molecule has 1 spiro atoms. The third kappa shape index (κ3) is 4.42. The number of aromatic nitrogens is 2. The predicted molar refractivity (Wildman–Crippen MR) is 136 cm³/mol. The average molecular weight is 455 g/mol. The first kappa shape index (κ1) is 22.2. The Kier molecular flexibility index (Phi) is 6.34. The molecular weight excluding hydrogens is 424 g/mol. The van der Waals surface area contributed by atoms with E-state index in [0.717, 1.165) is 73.4 Å². The SMILES string of the molecule is N=CCC=Nc1ccccc1CN1CCCC2(CCN(c3cnc4ccccc4n3)CC2)C1=O. The van der Waals surface area contributed by atoms with Gasteiger partial charge in [-0.05, 0) is 49.4 Å². The molecule has 0 bridgehead atoms. The number of likely N-dealkylation sites (tertiary alicyclic amines) is 1. The van der Waals surface area contributed by atoms with Crippen molar-refractivity contribution in [3.05, 3.63) is 60.3 Å². The Morgan fingerprint density at radius 3 is 2.59 bits per heavy atom. The standard InChI is InChI=1S/C27H30N6O/c28-14-6-15-29-22-8-2-1-7-21(22)20-33-16-5-11-27(26(33)34)12-17-32(18-13-27)25-19-30-23-9-3-4-10-24(23)31-25/h1-4,7-10,14-15,19,28H,5-6,11-13,16-18,20H2. The number of fused-ring (bicyclic) bond motifs is 1. The highest BCUT2D eigenvalue weighted by molar-refractivity contribution is 5.84. The lowest BCUT2D eigenvalue weighted by Crippen LogP contribution is -2.53. The van der Waals surface area contributed by atoms with Crippen LogP contribution in [0.4, 0.5) is 11.5 Å². The number of nitrogens with one attached hydrogen (secondary N) is 1. The van der Waals surface area contributed by atoms with Crippen LogP contribution >= 0.6 is 0 Å². The van der Waals surface area contributed by atoms with Crippen LogP contribution in [0.3, 0.4) is 0 Å². The molecule has 7 nitrogen and oxygen atoms in total. The zero-order valence-electron chi connectivity index (χ0n) is 19.4. The van der Waals surface area contributed by atoms with Gasteiger partial charge in [0.2, 0.25) is 5.91 Å². The Hall–Kier alpha value is -3.61. The van der Waals surface area contributed by atoms with Crippen molar-refractivity contribution in [1.29, 1.82) is 5.41 Å². The van der Waals surface area contributed by atoms with E-state index in [4.69, 9.17) is 10.4 Å². The highest BCUT2D eigenvalue weighted by atomic mass is 16.2. The summed E-state index contributed by atoms with van der Waals surface area (Å²) in [7, 11) is 0. The van der Waals surface area contributed by atoms with Crippen LogP contribution in [0.5, 0.6) is 0 Å². The molecule has 1 aromatic heterocycles. The predicted octanol–water partition coefficient (Wildman–Crippen LogP) is 4.78. The van der Waals surface area contributed by atoms with Crippen molar-refractivity contribution in [1.82, 2.24) is 14.9 Å². The number of aliphatic imine (C=N–C) groups is 1. The molecule has 174 valence electrons. The minimum atomic E-state index is -0.280. The number of hydrogen-bond acceptors (Lipinski definition) is 6. The van der Waals surface area contributed by atoms with Gasteiger partial charge in [-0.25, -0.2) is 4.98 Å². The molecule has 3 aromatic rings. The average Bonchev–Trinajstić information content (AvgIpc) is 2.88. The number of carbonyl (C=O) groups excluding carboxylic acids is 1. The monoisotopic (exact) mass is 454 g/mol. The van der Waals surface area contributed by atoms with Crippen molar-refractivity contribution in [3.63, 3.8) is 0 Å². The first-order chi connectivity index (χ1) is 16.7. The second-order valence-corrected chi connectivity index (χ2v) is 9.19. The third-order valence-corrected chi connectivity index (χ3v) is 7.11. The summed E-state index contributed by atoms with van der Waals surface area (Å²) in [6.07, 6.45) is 9.12. The number of rotatable bonds is 6. The van der Waals surface area contributed by atoms with Crippen LogP contribution in [0, 0.1) is 10.8 Å². The van der Waals surface area contributed by atoms with Crippen molar-refractivity contribution in [2.75, 3.05) is 24.5 Å². The molecule has 3 heterocycles. The first-order valence-corrected chi connectivity index (χ1v) is 12.0. The molecule has 2 fully saturated rings. The molecule has 0 aliphatic carbocycles. The second kappa shape index (κ2) is 9.71. The van der Waals surface area contributed by atoms with E-state index in [1.165, 1.54) is 6.21 Å². The summed E-state index contributed by atoms with van der Waals surface area (Å²) >= 11 is 0. The van der Waals surface area contributed by atoms with Gasteiger partial charge < -0.3 is 15.2 Å². The summed E-state index contributed by atoms with van der Waals surface area (Å²) in [5.74, 6) is 1.17. The van der Waals surface area contributed by atoms with Crippen LogP contribution in [0.25, 0.3) is 11.0 Å². The number of benzene rings is 2. The summed E-state index contributed by atoms with van der Waals surface area (Å²) < 4.78 is 0. The van der Waals surface area contributed by atoms with Gasteiger partial charge in [0, 0.05) is 45.0 Å². The normalized spacial score (nSPS) is 18.2. The Morgan fingerprint density at radius 1 is 1.00 bits per heavy atom. The lowest BCUT2D eigenvalue weighted by molar-refractivity contribution is -0.148. The first-order valence-electron chi connectivity index (χ1n) is 12.0. The number of piperidine rings is 2. The highest BCUT2D eigenvalue weighted by Gasteiger charge is 2.45. The molecule has 2 aromatic carbocycles. The van der Waals surface area contributed by atoms with E-state index in [1.54, 1.807) is 6.21 Å². The van der Waals surface area contributed by atoms with Crippen LogP contribution in [-0.2, 0) is 11.3 Å². The van der Waals surface area contributed by atoms with Crippen molar-refractivity contribution >= 4 is 40.9 Å². The van der Waals surface area contributed by atoms with Crippen LogP contribution in [0.1, 0.15) is 37.7 Å². The van der Waals surface area contributed by atoms with Crippen LogP contribution in [0.15, 0.2) is 59.7 Å². The number of anilines is 1. The Bertz CT molecular complexity index is 1210.